The predicted molar refractivity (Wildman–Crippen MR) is 65.6 cm³/mol. The topological polar surface area (TPSA) is 24.9 Å². The monoisotopic (exact) mass is 268 g/mol. The number of hydrogen-bond donors (Lipinski definition) is 1. The van der Waals surface area contributed by atoms with Crippen LogP contribution in [0.4, 0.5) is 0 Å². The molecule has 3 heteroatoms. The first-order chi connectivity index (χ1) is 7.25. The van der Waals surface area contributed by atoms with E-state index in [1.165, 1.54) is 24.8 Å². The smallest absolute Gasteiger partial charge is 0.0410 e. The Morgan fingerprint density at radius 3 is 3.00 bits per heavy atom. The molecule has 0 aromatic carbocycles. The van der Waals surface area contributed by atoms with E-state index in [-0.39, 0.29) is 0 Å². The van der Waals surface area contributed by atoms with Crippen LogP contribution in [-0.2, 0) is 6.54 Å². The molecule has 15 heavy (non-hydrogen) atoms. The van der Waals surface area contributed by atoms with Crippen molar-refractivity contribution in [1.82, 2.24) is 10.3 Å². The predicted octanol–water partition coefficient (Wildman–Crippen LogP) is 3.12. The highest BCUT2D eigenvalue weighted by atomic mass is 79.9. The maximum atomic E-state index is 4.16. The van der Waals surface area contributed by atoms with Gasteiger partial charge in [0.15, 0.2) is 0 Å². The molecule has 1 heterocycles. The van der Waals surface area contributed by atoms with Crippen molar-refractivity contribution in [2.45, 2.75) is 38.8 Å². The van der Waals surface area contributed by atoms with Crippen molar-refractivity contribution in [3.05, 3.63) is 28.5 Å². The van der Waals surface area contributed by atoms with Crippen LogP contribution in [0.15, 0.2) is 22.9 Å². The van der Waals surface area contributed by atoms with Gasteiger partial charge in [-0.2, -0.15) is 0 Å². The minimum atomic E-state index is 0.698. The molecule has 0 saturated heterocycles. The molecule has 0 radical (unpaired) electrons. The molecule has 2 unspecified atom stereocenters. The Morgan fingerprint density at radius 1 is 1.47 bits per heavy atom. The summed E-state index contributed by atoms with van der Waals surface area (Å²) < 4.78 is 1.06. The minimum Gasteiger partial charge on any atom is -0.310 e. The normalized spacial score (nSPS) is 25.7. The largest absolute Gasteiger partial charge is 0.310 e. The van der Waals surface area contributed by atoms with Gasteiger partial charge in [-0.1, -0.05) is 13.3 Å². The number of hydrogen-bond acceptors (Lipinski definition) is 2. The van der Waals surface area contributed by atoms with Crippen LogP contribution in [0, 0.1) is 5.92 Å². The number of rotatable bonds is 3. The fourth-order valence-electron chi connectivity index (χ4n) is 2.25. The Labute approximate surface area is 99.6 Å². The number of pyridine rings is 1. The molecule has 1 aliphatic carbocycles. The average Bonchev–Trinajstić information content (AvgIpc) is 2.61. The summed E-state index contributed by atoms with van der Waals surface area (Å²) in [7, 11) is 0. The van der Waals surface area contributed by atoms with Crippen LogP contribution in [-0.4, -0.2) is 11.0 Å². The van der Waals surface area contributed by atoms with E-state index in [4.69, 9.17) is 0 Å². The molecular weight excluding hydrogens is 252 g/mol. The molecular formula is C12H17BrN2. The zero-order chi connectivity index (χ0) is 10.7. The standard InChI is InChI=1S/C12H17BrN2/c1-9-3-2-4-12(9)15-7-10-5-11(13)8-14-6-10/h5-6,8-9,12,15H,2-4,7H2,1H3. The molecule has 1 aliphatic rings. The lowest BCUT2D eigenvalue weighted by Crippen LogP contribution is -2.30. The summed E-state index contributed by atoms with van der Waals surface area (Å²) in [6.45, 7) is 3.27. The van der Waals surface area contributed by atoms with Gasteiger partial charge in [-0.3, -0.25) is 4.98 Å². The number of halogens is 1. The molecule has 0 bridgehead atoms. The Bertz CT molecular complexity index is 327. The van der Waals surface area contributed by atoms with Gasteiger partial charge < -0.3 is 5.32 Å². The van der Waals surface area contributed by atoms with Crippen molar-refractivity contribution in [1.29, 1.82) is 0 Å². The fourth-order valence-corrected chi connectivity index (χ4v) is 2.66. The van der Waals surface area contributed by atoms with Crippen molar-refractivity contribution in [2.75, 3.05) is 0 Å². The highest BCUT2D eigenvalue weighted by Gasteiger charge is 2.22. The van der Waals surface area contributed by atoms with Crippen molar-refractivity contribution in [3.63, 3.8) is 0 Å². The molecule has 1 aromatic rings. The second-order valence-corrected chi connectivity index (χ2v) is 5.32. The quantitative estimate of drug-likeness (QED) is 0.911. The van der Waals surface area contributed by atoms with Crippen LogP contribution in [0.5, 0.6) is 0 Å². The minimum absolute atomic E-state index is 0.698. The van der Waals surface area contributed by atoms with Gasteiger partial charge >= 0.3 is 0 Å². The zero-order valence-corrected chi connectivity index (χ0v) is 10.6. The second-order valence-electron chi connectivity index (χ2n) is 4.41. The van der Waals surface area contributed by atoms with E-state index >= 15 is 0 Å². The summed E-state index contributed by atoms with van der Waals surface area (Å²) in [6, 6.07) is 2.82. The molecule has 0 aliphatic heterocycles. The molecule has 1 N–H and O–H groups in total. The summed E-state index contributed by atoms with van der Waals surface area (Å²) in [5.41, 5.74) is 1.25. The summed E-state index contributed by atoms with van der Waals surface area (Å²) in [6.07, 6.45) is 7.81. The Kier molecular flexibility index (Phi) is 3.76. The maximum Gasteiger partial charge on any atom is 0.0410 e. The number of nitrogens with one attached hydrogen (secondary N) is 1. The van der Waals surface area contributed by atoms with E-state index in [9.17, 15) is 0 Å². The third-order valence-electron chi connectivity index (χ3n) is 3.19. The lowest BCUT2D eigenvalue weighted by molar-refractivity contribution is 0.426. The Morgan fingerprint density at radius 2 is 2.33 bits per heavy atom. The van der Waals surface area contributed by atoms with Crippen LogP contribution < -0.4 is 5.32 Å². The first-order valence-corrected chi connectivity index (χ1v) is 6.38. The van der Waals surface area contributed by atoms with Crippen LogP contribution >= 0.6 is 15.9 Å². The van der Waals surface area contributed by atoms with E-state index in [2.05, 4.69) is 39.2 Å². The van der Waals surface area contributed by atoms with Crippen LogP contribution in [0.1, 0.15) is 31.7 Å². The van der Waals surface area contributed by atoms with Crippen molar-refractivity contribution < 1.29 is 0 Å². The fraction of sp³-hybridized carbons (Fsp3) is 0.583. The van der Waals surface area contributed by atoms with Crippen molar-refractivity contribution >= 4 is 15.9 Å². The molecule has 2 atom stereocenters. The van der Waals surface area contributed by atoms with Gasteiger partial charge in [0.1, 0.15) is 0 Å². The lowest BCUT2D eigenvalue weighted by Gasteiger charge is -2.17. The first kappa shape index (κ1) is 11.1. The van der Waals surface area contributed by atoms with E-state index in [1.54, 1.807) is 0 Å². The number of aromatic nitrogens is 1. The second kappa shape index (κ2) is 5.08. The van der Waals surface area contributed by atoms with Gasteiger partial charge in [0.2, 0.25) is 0 Å². The van der Waals surface area contributed by atoms with Gasteiger partial charge in [-0.15, -0.1) is 0 Å². The first-order valence-electron chi connectivity index (χ1n) is 5.58. The lowest BCUT2D eigenvalue weighted by atomic mass is 10.1. The van der Waals surface area contributed by atoms with E-state index < -0.39 is 0 Å². The summed E-state index contributed by atoms with van der Waals surface area (Å²) in [5, 5.41) is 3.61. The summed E-state index contributed by atoms with van der Waals surface area (Å²) >= 11 is 3.44. The Hall–Kier alpha value is -0.410. The van der Waals surface area contributed by atoms with Gasteiger partial charge in [0, 0.05) is 29.5 Å². The summed E-state index contributed by atoms with van der Waals surface area (Å²) in [5.74, 6) is 0.824. The number of nitrogens with zero attached hydrogens (tertiary/aromatic N) is 1. The molecule has 82 valence electrons. The van der Waals surface area contributed by atoms with E-state index in [0.717, 1.165) is 16.9 Å². The Balaban J connectivity index is 1.87. The van der Waals surface area contributed by atoms with Crippen molar-refractivity contribution in [2.24, 2.45) is 5.92 Å². The highest BCUT2D eigenvalue weighted by molar-refractivity contribution is 9.10. The molecule has 1 aromatic heterocycles. The highest BCUT2D eigenvalue weighted by Crippen LogP contribution is 2.25. The molecule has 2 nitrogen and oxygen atoms in total. The SMILES string of the molecule is CC1CCCC1NCc1cncc(Br)c1. The van der Waals surface area contributed by atoms with E-state index in [0.29, 0.717) is 6.04 Å². The van der Waals surface area contributed by atoms with Gasteiger partial charge in [-0.25, -0.2) is 0 Å². The molecule has 2 rings (SSSR count). The van der Waals surface area contributed by atoms with Crippen LogP contribution in [0.25, 0.3) is 0 Å². The van der Waals surface area contributed by atoms with Crippen LogP contribution in [0.3, 0.4) is 0 Å². The zero-order valence-electron chi connectivity index (χ0n) is 9.04. The molecule has 0 spiro atoms. The van der Waals surface area contributed by atoms with Gasteiger partial charge in [0.05, 0.1) is 0 Å². The van der Waals surface area contributed by atoms with Gasteiger partial charge in [0.25, 0.3) is 0 Å². The van der Waals surface area contributed by atoms with Crippen LogP contribution in [0.2, 0.25) is 0 Å². The maximum absolute atomic E-state index is 4.16. The summed E-state index contributed by atoms with van der Waals surface area (Å²) in [4.78, 5) is 4.16. The van der Waals surface area contributed by atoms with Crippen molar-refractivity contribution in [3.8, 4) is 0 Å². The van der Waals surface area contributed by atoms with Gasteiger partial charge in [-0.05, 0) is 46.3 Å². The third-order valence-corrected chi connectivity index (χ3v) is 3.63. The molecule has 1 fully saturated rings. The molecule has 1 saturated carbocycles. The van der Waals surface area contributed by atoms with E-state index in [1.807, 2.05) is 12.4 Å². The molecule has 0 amide bonds. The third kappa shape index (κ3) is 3.02. The average molecular weight is 269 g/mol.